The largest absolute Gasteiger partial charge is 0.489 e. The van der Waals surface area contributed by atoms with Crippen LogP contribution in [0.25, 0.3) is 11.1 Å². The quantitative estimate of drug-likeness (QED) is 0.327. The van der Waals surface area contributed by atoms with Gasteiger partial charge in [0.05, 0.1) is 21.2 Å². The fourth-order valence-corrected chi connectivity index (χ4v) is 3.90. The lowest BCUT2D eigenvalue weighted by atomic mass is 9.94. The molecule has 3 rings (SSSR count). The van der Waals surface area contributed by atoms with Gasteiger partial charge in [-0.25, -0.2) is 4.79 Å². The number of benzene rings is 3. The van der Waals surface area contributed by atoms with Gasteiger partial charge >= 0.3 is 5.97 Å². The smallest absolute Gasteiger partial charge is 0.335 e. The number of aromatic carboxylic acids is 1. The van der Waals surface area contributed by atoms with Crippen LogP contribution in [0.4, 0.5) is 0 Å². The molecule has 3 aromatic carbocycles. The molecule has 0 aliphatic rings. The topological polar surface area (TPSA) is 103 Å². The number of ether oxygens (including phenoxy) is 1. The van der Waals surface area contributed by atoms with Crippen molar-refractivity contribution < 1.29 is 19.7 Å². The molecule has 0 aliphatic heterocycles. The van der Waals surface area contributed by atoms with Crippen molar-refractivity contribution >= 4 is 29.2 Å². The molecule has 8 heteroatoms. The fraction of sp³-hybridized carbons (Fsp3) is 0.259. The Hall–Kier alpha value is -3.08. The molecule has 0 aliphatic carbocycles. The Morgan fingerprint density at radius 2 is 1.74 bits per heavy atom. The van der Waals surface area contributed by atoms with Gasteiger partial charge in [-0.3, -0.25) is 0 Å². The number of nitrogens with one attached hydrogen (secondary N) is 1. The summed E-state index contributed by atoms with van der Waals surface area (Å²) in [4.78, 5) is 11.1. The van der Waals surface area contributed by atoms with Crippen LogP contribution < -0.4 is 10.1 Å². The van der Waals surface area contributed by atoms with Gasteiger partial charge in [0.1, 0.15) is 24.5 Å². The molecule has 3 N–H and O–H groups in total. The molecule has 1 unspecified atom stereocenters. The lowest BCUT2D eigenvalue weighted by Gasteiger charge is -2.28. The maximum absolute atomic E-state index is 11.1. The molecule has 0 saturated heterocycles. The second-order valence-electron chi connectivity index (χ2n) is 8.86. The first-order chi connectivity index (χ1) is 16.6. The minimum atomic E-state index is -0.997. The molecule has 6 nitrogen and oxygen atoms in total. The van der Waals surface area contributed by atoms with E-state index in [0.29, 0.717) is 27.8 Å². The van der Waals surface area contributed by atoms with E-state index in [9.17, 15) is 15.2 Å². The Labute approximate surface area is 214 Å². The van der Waals surface area contributed by atoms with Crippen molar-refractivity contribution in [1.82, 2.24) is 5.32 Å². The molecule has 0 fully saturated rings. The predicted octanol–water partition coefficient (Wildman–Crippen LogP) is 5.58. The zero-order valence-electron chi connectivity index (χ0n) is 19.4. The molecular weight excluding hydrogens is 487 g/mol. The van der Waals surface area contributed by atoms with Gasteiger partial charge in [0.25, 0.3) is 0 Å². The molecule has 0 saturated carbocycles. The van der Waals surface area contributed by atoms with Crippen molar-refractivity contribution in [3.05, 3.63) is 87.4 Å². The Bertz CT molecular complexity index is 1240. The maximum Gasteiger partial charge on any atom is 0.335 e. The van der Waals surface area contributed by atoms with Gasteiger partial charge in [0.2, 0.25) is 0 Å². The number of β-amino-alcohol motifs (C(OH)–C–C–N with tert-alkyl or cyclic N) is 1. The molecule has 0 aromatic heterocycles. The first-order valence-corrected chi connectivity index (χ1v) is 11.7. The summed E-state index contributed by atoms with van der Waals surface area (Å²) >= 11 is 12.1. The van der Waals surface area contributed by atoms with Crippen LogP contribution in [-0.4, -0.2) is 41.0 Å². The maximum atomic E-state index is 11.1. The molecule has 0 heterocycles. The zero-order valence-corrected chi connectivity index (χ0v) is 20.9. The summed E-state index contributed by atoms with van der Waals surface area (Å²) in [7, 11) is 0. The zero-order chi connectivity index (χ0) is 25.6. The van der Waals surface area contributed by atoms with Crippen LogP contribution in [0.2, 0.25) is 10.0 Å². The monoisotopic (exact) mass is 512 g/mol. The Balaban J connectivity index is 1.60. The Kier molecular flexibility index (Phi) is 8.76. The van der Waals surface area contributed by atoms with Crippen LogP contribution in [0.15, 0.2) is 60.7 Å². The molecular formula is C27H26Cl2N2O4. The number of aliphatic hydroxyl groups excluding tert-OH is 1. The Morgan fingerprint density at radius 3 is 2.37 bits per heavy atom. The van der Waals surface area contributed by atoms with Crippen molar-refractivity contribution in [2.75, 3.05) is 13.2 Å². The highest BCUT2D eigenvalue weighted by molar-refractivity contribution is 6.42. The number of carbonyl (C=O) groups is 1. The van der Waals surface area contributed by atoms with E-state index in [0.717, 1.165) is 16.7 Å². The van der Waals surface area contributed by atoms with Crippen molar-refractivity contribution in [1.29, 1.82) is 5.26 Å². The number of nitriles is 1. The van der Waals surface area contributed by atoms with Crippen molar-refractivity contribution in [2.24, 2.45) is 0 Å². The van der Waals surface area contributed by atoms with Crippen molar-refractivity contribution in [2.45, 2.75) is 31.9 Å². The SMILES string of the molecule is CC(C)(Cc1ccc(Cl)c(Cl)c1)NCC(O)COc1cc(-c2ccc(C(=O)O)cc2)ccc1C#N. The summed E-state index contributed by atoms with van der Waals surface area (Å²) in [5, 5.41) is 33.4. The average Bonchev–Trinajstić information content (AvgIpc) is 2.83. The van der Waals surface area contributed by atoms with Crippen LogP contribution >= 0.6 is 23.2 Å². The van der Waals surface area contributed by atoms with E-state index in [2.05, 4.69) is 11.4 Å². The van der Waals surface area contributed by atoms with Gasteiger partial charge in [-0.1, -0.05) is 47.5 Å². The number of rotatable bonds is 10. The second-order valence-corrected chi connectivity index (χ2v) is 9.67. The van der Waals surface area contributed by atoms with Crippen LogP contribution in [0, 0.1) is 11.3 Å². The number of hydrogen-bond acceptors (Lipinski definition) is 5. The standard InChI is InChI=1S/C27H26Cl2N2O4/c1-27(2,13-17-3-10-23(28)24(29)11-17)31-15-22(32)16-35-25-12-20(8-9-21(25)14-30)18-4-6-19(7-5-18)26(33)34/h3-12,22,31-32H,13,15-16H2,1-2H3,(H,33,34). The summed E-state index contributed by atoms with van der Waals surface area (Å²) in [5.41, 5.74) is 2.79. The first kappa shape index (κ1) is 26.5. The predicted molar refractivity (Wildman–Crippen MR) is 137 cm³/mol. The molecule has 0 amide bonds. The number of halogens is 2. The lowest BCUT2D eigenvalue weighted by Crippen LogP contribution is -2.46. The average molecular weight is 513 g/mol. The summed E-state index contributed by atoms with van der Waals surface area (Å²) in [5.74, 6) is -0.649. The van der Waals surface area contributed by atoms with E-state index >= 15 is 0 Å². The third kappa shape index (κ3) is 7.45. The van der Waals surface area contributed by atoms with Crippen molar-refractivity contribution in [3.63, 3.8) is 0 Å². The first-order valence-electron chi connectivity index (χ1n) is 11.0. The van der Waals surface area contributed by atoms with Crippen LogP contribution in [0.5, 0.6) is 5.75 Å². The van der Waals surface area contributed by atoms with E-state index in [1.54, 1.807) is 36.4 Å². The number of aliphatic hydroxyl groups is 1. The fourth-order valence-electron chi connectivity index (χ4n) is 3.58. The van der Waals surface area contributed by atoms with E-state index < -0.39 is 12.1 Å². The van der Waals surface area contributed by atoms with Gasteiger partial charge in [-0.15, -0.1) is 0 Å². The van der Waals surface area contributed by atoms with Gasteiger partial charge in [0, 0.05) is 12.1 Å². The number of hydrogen-bond donors (Lipinski definition) is 3. The van der Waals surface area contributed by atoms with Crippen LogP contribution in [0.3, 0.4) is 0 Å². The minimum Gasteiger partial charge on any atom is -0.489 e. The van der Waals surface area contributed by atoms with Crippen LogP contribution in [0.1, 0.15) is 35.3 Å². The number of carboxylic acid groups (broad SMARTS) is 1. The Morgan fingerprint density at radius 1 is 1.06 bits per heavy atom. The normalized spacial score (nSPS) is 12.1. The third-order valence-electron chi connectivity index (χ3n) is 5.44. The molecule has 3 aromatic rings. The molecule has 0 radical (unpaired) electrons. The van der Waals surface area contributed by atoms with E-state index in [-0.39, 0.29) is 24.3 Å². The van der Waals surface area contributed by atoms with Gasteiger partial charge in [-0.05, 0) is 73.4 Å². The number of nitrogens with zero attached hydrogens (tertiary/aromatic N) is 1. The van der Waals surface area contributed by atoms with E-state index in [1.165, 1.54) is 12.1 Å². The summed E-state index contributed by atoms with van der Waals surface area (Å²) in [6, 6.07) is 19.2. The highest BCUT2D eigenvalue weighted by Gasteiger charge is 2.20. The molecule has 182 valence electrons. The summed E-state index contributed by atoms with van der Waals surface area (Å²) in [6.07, 6.45) is -0.133. The van der Waals surface area contributed by atoms with E-state index in [1.807, 2.05) is 26.0 Å². The summed E-state index contributed by atoms with van der Waals surface area (Å²) < 4.78 is 5.79. The lowest BCUT2D eigenvalue weighted by molar-refractivity contribution is 0.0697. The third-order valence-corrected chi connectivity index (χ3v) is 6.18. The van der Waals surface area contributed by atoms with Gasteiger partial charge in [-0.2, -0.15) is 5.26 Å². The van der Waals surface area contributed by atoms with Crippen molar-refractivity contribution in [3.8, 4) is 22.9 Å². The second kappa shape index (κ2) is 11.6. The summed E-state index contributed by atoms with van der Waals surface area (Å²) in [6.45, 7) is 4.32. The van der Waals surface area contributed by atoms with E-state index in [4.69, 9.17) is 33.0 Å². The minimum absolute atomic E-state index is 0.00800. The molecule has 0 bridgehead atoms. The molecule has 1 atom stereocenters. The van der Waals surface area contributed by atoms with Gasteiger partial charge in [0.15, 0.2) is 0 Å². The van der Waals surface area contributed by atoms with Gasteiger partial charge < -0.3 is 20.3 Å². The highest BCUT2D eigenvalue weighted by atomic mass is 35.5. The molecule has 35 heavy (non-hydrogen) atoms. The number of carboxylic acids is 1. The highest BCUT2D eigenvalue weighted by Crippen LogP contribution is 2.28. The molecule has 0 spiro atoms. The van der Waals surface area contributed by atoms with Crippen LogP contribution in [-0.2, 0) is 6.42 Å².